The first-order chi connectivity index (χ1) is 9.44. The van der Waals surface area contributed by atoms with Gasteiger partial charge in [-0.05, 0) is 30.3 Å². The monoisotopic (exact) mass is 327 g/mol. The van der Waals surface area contributed by atoms with E-state index in [-0.39, 0.29) is 26.3 Å². The summed E-state index contributed by atoms with van der Waals surface area (Å²) in [6.07, 6.45) is 0. The van der Waals surface area contributed by atoms with E-state index in [2.05, 4.69) is 0 Å². The van der Waals surface area contributed by atoms with E-state index in [1.165, 1.54) is 42.5 Å². The van der Waals surface area contributed by atoms with Crippen LogP contribution in [-0.2, 0) is 10.1 Å². The molecule has 0 aliphatic carbocycles. The maximum Gasteiger partial charge on any atom is 0.340 e. The zero-order valence-electron chi connectivity index (χ0n) is 9.88. The lowest BCUT2D eigenvalue weighted by molar-refractivity contribution is 0.486. The fraction of sp³-hybridized carbons (Fsp3) is 0. The number of hydrogen-bond donors (Lipinski definition) is 0. The van der Waals surface area contributed by atoms with Crippen molar-refractivity contribution in [2.45, 2.75) is 4.90 Å². The molecule has 0 aromatic heterocycles. The minimum absolute atomic E-state index is 0.0279. The predicted molar refractivity (Wildman–Crippen MR) is 75.4 cm³/mol. The average molecular weight is 328 g/mol. The molecule has 0 saturated heterocycles. The summed E-state index contributed by atoms with van der Waals surface area (Å²) in [5.41, 5.74) is 0.287. The topological polar surface area (TPSA) is 67.2 Å². The van der Waals surface area contributed by atoms with Crippen molar-refractivity contribution in [3.8, 4) is 11.8 Å². The lowest BCUT2D eigenvalue weighted by Gasteiger charge is -2.09. The highest BCUT2D eigenvalue weighted by Crippen LogP contribution is 2.30. The van der Waals surface area contributed by atoms with Gasteiger partial charge in [-0.2, -0.15) is 13.7 Å². The van der Waals surface area contributed by atoms with Crippen LogP contribution >= 0.6 is 23.2 Å². The molecule has 7 heteroatoms. The van der Waals surface area contributed by atoms with Crippen molar-refractivity contribution in [2.75, 3.05) is 0 Å². The van der Waals surface area contributed by atoms with E-state index in [4.69, 9.17) is 32.6 Å². The van der Waals surface area contributed by atoms with Crippen molar-refractivity contribution in [3.63, 3.8) is 0 Å². The van der Waals surface area contributed by atoms with Crippen molar-refractivity contribution in [3.05, 3.63) is 58.1 Å². The van der Waals surface area contributed by atoms with Crippen molar-refractivity contribution >= 4 is 33.3 Å². The number of halogens is 2. The normalized spacial score (nSPS) is 10.8. The molecule has 0 heterocycles. The minimum Gasteiger partial charge on any atom is -0.379 e. The molecule has 0 spiro atoms. The molecule has 2 aromatic rings. The Morgan fingerprint density at radius 1 is 1.10 bits per heavy atom. The van der Waals surface area contributed by atoms with Gasteiger partial charge in [0.1, 0.15) is 10.6 Å². The summed E-state index contributed by atoms with van der Waals surface area (Å²) in [6, 6.07) is 11.9. The van der Waals surface area contributed by atoms with Crippen molar-refractivity contribution < 1.29 is 12.6 Å². The van der Waals surface area contributed by atoms with Crippen molar-refractivity contribution in [1.29, 1.82) is 5.26 Å². The Balaban J connectivity index is 2.41. The zero-order valence-corrected chi connectivity index (χ0v) is 12.2. The van der Waals surface area contributed by atoms with E-state index < -0.39 is 10.1 Å². The second kappa shape index (κ2) is 5.71. The first-order valence-electron chi connectivity index (χ1n) is 5.33. The van der Waals surface area contributed by atoms with E-state index >= 15 is 0 Å². The maximum atomic E-state index is 12.1. The molecule has 0 unspecified atom stereocenters. The van der Waals surface area contributed by atoms with Crippen LogP contribution in [0.5, 0.6) is 5.75 Å². The van der Waals surface area contributed by atoms with Gasteiger partial charge in [-0.3, -0.25) is 0 Å². The summed E-state index contributed by atoms with van der Waals surface area (Å²) in [5, 5.41) is 8.77. The van der Waals surface area contributed by atoms with Crippen LogP contribution in [0, 0.1) is 11.3 Å². The Kier molecular flexibility index (Phi) is 4.19. The Morgan fingerprint density at radius 3 is 2.50 bits per heavy atom. The first kappa shape index (κ1) is 14.7. The van der Waals surface area contributed by atoms with Crippen LogP contribution in [0.4, 0.5) is 0 Å². The Morgan fingerprint density at radius 2 is 1.80 bits per heavy atom. The van der Waals surface area contributed by atoms with Gasteiger partial charge in [-0.1, -0.05) is 35.3 Å². The second-order valence-corrected chi connectivity index (χ2v) is 6.03. The lowest BCUT2D eigenvalue weighted by Crippen LogP contribution is -2.10. The fourth-order valence-electron chi connectivity index (χ4n) is 1.47. The zero-order chi connectivity index (χ0) is 14.8. The SMILES string of the molecule is N#Cc1cccc(OS(=O)(=O)c2cccc(Cl)c2Cl)c1. The summed E-state index contributed by atoms with van der Waals surface area (Å²) in [5.74, 6) is 0.0279. The van der Waals surface area contributed by atoms with E-state index in [0.717, 1.165) is 0 Å². The standard InChI is InChI=1S/C13H7Cl2NO3S/c14-11-5-2-6-12(13(11)15)20(17,18)19-10-4-1-3-9(7-10)8-16/h1-7H. The number of rotatable bonds is 3. The third-order valence-corrected chi connectivity index (χ3v) is 4.58. The molecule has 2 rings (SSSR count). The van der Waals surface area contributed by atoms with Crippen LogP contribution in [0.1, 0.15) is 5.56 Å². The Hall–Kier alpha value is -1.74. The van der Waals surface area contributed by atoms with Gasteiger partial charge >= 0.3 is 10.1 Å². The van der Waals surface area contributed by atoms with Crippen LogP contribution in [0.25, 0.3) is 0 Å². The molecule has 0 N–H and O–H groups in total. The number of benzene rings is 2. The summed E-state index contributed by atoms with van der Waals surface area (Å²) in [7, 11) is -4.12. The highest BCUT2D eigenvalue weighted by Gasteiger charge is 2.21. The highest BCUT2D eigenvalue weighted by molar-refractivity contribution is 7.87. The van der Waals surface area contributed by atoms with Gasteiger partial charge in [0.2, 0.25) is 0 Å². The minimum atomic E-state index is -4.12. The molecule has 2 aromatic carbocycles. The number of nitrogens with zero attached hydrogens (tertiary/aromatic N) is 1. The maximum absolute atomic E-state index is 12.1. The van der Waals surface area contributed by atoms with Gasteiger partial charge in [0.25, 0.3) is 0 Å². The summed E-state index contributed by atoms with van der Waals surface area (Å²) >= 11 is 11.6. The van der Waals surface area contributed by atoms with Crippen LogP contribution in [0.3, 0.4) is 0 Å². The molecule has 4 nitrogen and oxygen atoms in total. The van der Waals surface area contributed by atoms with Crippen molar-refractivity contribution in [2.24, 2.45) is 0 Å². The summed E-state index contributed by atoms with van der Waals surface area (Å²) in [4.78, 5) is -0.228. The molecule has 20 heavy (non-hydrogen) atoms. The van der Waals surface area contributed by atoms with Crippen LogP contribution in [0.2, 0.25) is 10.0 Å². The molecule has 0 bridgehead atoms. The third kappa shape index (κ3) is 3.05. The van der Waals surface area contributed by atoms with Crippen LogP contribution in [-0.4, -0.2) is 8.42 Å². The average Bonchev–Trinajstić information content (AvgIpc) is 2.41. The molecule has 0 fully saturated rings. The molecular formula is C13H7Cl2NO3S. The molecule has 0 saturated carbocycles. The van der Waals surface area contributed by atoms with Gasteiger partial charge in [-0.25, -0.2) is 0 Å². The number of hydrogen-bond acceptors (Lipinski definition) is 4. The molecule has 0 atom stereocenters. The van der Waals surface area contributed by atoms with Gasteiger partial charge in [0.15, 0.2) is 0 Å². The molecule has 0 radical (unpaired) electrons. The van der Waals surface area contributed by atoms with Crippen molar-refractivity contribution in [1.82, 2.24) is 0 Å². The molecule has 0 amide bonds. The van der Waals surface area contributed by atoms with E-state index in [0.29, 0.717) is 0 Å². The van der Waals surface area contributed by atoms with E-state index in [9.17, 15) is 8.42 Å². The number of nitriles is 1. The second-order valence-electron chi connectivity index (χ2n) is 3.73. The van der Waals surface area contributed by atoms with E-state index in [1.54, 1.807) is 0 Å². The van der Waals surface area contributed by atoms with E-state index in [1.807, 2.05) is 6.07 Å². The molecule has 102 valence electrons. The summed E-state index contributed by atoms with van der Waals surface area (Å²) in [6.45, 7) is 0. The molecule has 0 aliphatic rings. The fourth-order valence-corrected chi connectivity index (χ4v) is 3.13. The predicted octanol–water partition coefficient (Wildman–Crippen LogP) is 3.63. The first-order valence-corrected chi connectivity index (χ1v) is 7.49. The quantitative estimate of drug-likeness (QED) is 0.807. The van der Waals surface area contributed by atoms with Gasteiger partial charge in [0, 0.05) is 0 Å². The Labute approximate surface area is 126 Å². The van der Waals surface area contributed by atoms with Gasteiger partial charge in [0.05, 0.1) is 21.7 Å². The molecular weight excluding hydrogens is 321 g/mol. The smallest absolute Gasteiger partial charge is 0.340 e. The molecule has 0 aliphatic heterocycles. The van der Waals surface area contributed by atoms with Crippen LogP contribution < -0.4 is 4.18 Å². The van der Waals surface area contributed by atoms with Gasteiger partial charge < -0.3 is 4.18 Å². The third-order valence-electron chi connectivity index (χ3n) is 2.35. The summed E-state index contributed by atoms with van der Waals surface area (Å²) < 4.78 is 29.2. The largest absolute Gasteiger partial charge is 0.379 e. The lowest BCUT2D eigenvalue weighted by atomic mass is 10.2. The highest BCUT2D eigenvalue weighted by atomic mass is 35.5. The van der Waals surface area contributed by atoms with Gasteiger partial charge in [-0.15, -0.1) is 0 Å². The Bertz CT molecular complexity index is 798. The van der Waals surface area contributed by atoms with Crippen LogP contribution in [0.15, 0.2) is 47.4 Å².